The third-order valence-electron chi connectivity index (χ3n) is 10.8. The van der Waals surface area contributed by atoms with Crippen molar-refractivity contribution in [3.05, 3.63) is 0 Å². The summed E-state index contributed by atoms with van der Waals surface area (Å²) in [6.45, 7) is -3.75. The summed E-state index contributed by atoms with van der Waals surface area (Å²) in [5.41, 5.74) is 0. The Morgan fingerprint density at radius 1 is 0.516 bits per heavy atom. The minimum absolute atomic E-state index is 0.713. The Morgan fingerprint density at radius 3 is 1.52 bits per heavy atom. The van der Waals surface area contributed by atoms with Gasteiger partial charge in [-0.05, 0) is 0 Å². The lowest BCUT2D eigenvalue weighted by Gasteiger charge is -2.50. The maximum absolute atomic E-state index is 12.4. The second kappa shape index (κ2) is 23.4. The molecule has 28 nitrogen and oxygen atoms in total. The van der Waals surface area contributed by atoms with Gasteiger partial charge in [0, 0.05) is 13.8 Å². The summed E-state index contributed by atoms with van der Waals surface area (Å²) in [6, 6.07) is -3.22. The highest BCUT2D eigenvalue weighted by atomic mass is 16.8. The van der Waals surface area contributed by atoms with Crippen LogP contribution in [0.4, 0.5) is 0 Å². The molecule has 0 bridgehead atoms. The zero-order valence-corrected chi connectivity index (χ0v) is 33.3. The number of hydrogen-bond donors (Lipinski definition) is 18. The Kier molecular flexibility index (Phi) is 19.9. The quantitative estimate of drug-likeness (QED) is 0.0572. The second-order valence-corrected chi connectivity index (χ2v) is 15.2. The molecule has 18 N–H and O–H groups in total. The van der Waals surface area contributed by atoms with Crippen molar-refractivity contribution in [3.8, 4) is 0 Å². The van der Waals surface area contributed by atoms with Gasteiger partial charge in [-0.25, -0.2) is 0 Å². The molecular formula is C34H60N2O26. The molecule has 24 atom stereocenters. The number of carbonyl (C=O) groups excluding carboxylic acids is 2. The Hall–Kier alpha value is -2.02. The maximum atomic E-state index is 12.4. The van der Waals surface area contributed by atoms with E-state index >= 15 is 0 Å². The average Bonchev–Trinajstić information content (AvgIpc) is 3.24. The zero-order valence-electron chi connectivity index (χ0n) is 33.3. The van der Waals surface area contributed by atoms with E-state index in [-0.39, 0.29) is 0 Å². The molecule has 0 spiro atoms. The van der Waals surface area contributed by atoms with Gasteiger partial charge in [0.25, 0.3) is 0 Å². The van der Waals surface area contributed by atoms with Crippen LogP contribution in [0.1, 0.15) is 13.8 Å². The SMILES string of the molecule is CC(=O)N[C@H]1[C@H](O[C@@H]([C@H](O)[C@H](CO)NC(C)=O)[C@H](O)CO)O[C@H](CO)[C@@H](O[C@@H]2O[C@H](CO)[C@@H](O)[C@H](O[C@H]3O[C@H](CO)[C@@H](O)[C@H](O)[C@@H]3O[C@H]3O[C@H](CO)[C@@H](O)[C@H](O)[C@@H]3O)[C@@H]2O)[C@@H]1O. The minimum atomic E-state index is -2.20. The number of rotatable bonds is 19. The number of aliphatic hydroxyl groups excluding tert-OH is 16. The molecule has 362 valence electrons. The average molecular weight is 913 g/mol. The predicted octanol–water partition coefficient (Wildman–Crippen LogP) is -12.0. The summed E-state index contributed by atoms with van der Waals surface area (Å²) in [7, 11) is 0. The van der Waals surface area contributed by atoms with Crippen LogP contribution in [0.5, 0.6) is 0 Å². The van der Waals surface area contributed by atoms with Crippen LogP contribution in [-0.2, 0) is 47.5 Å². The molecule has 0 unspecified atom stereocenters. The second-order valence-electron chi connectivity index (χ2n) is 15.2. The smallest absolute Gasteiger partial charge is 0.217 e. The van der Waals surface area contributed by atoms with Crippen LogP contribution < -0.4 is 10.6 Å². The van der Waals surface area contributed by atoms with Gasteiger partial charge < -0.3 is 130 Å². The fourth-order valence-corrected chi connectivity index (χ4v) is 7.41. The van der Waals surface area contributed by atoms with Crippen LogP contribution in [0.15, 0.2) is 0 Å². The van der Waals surface area contributed by atoms with E-state index in [0.29, 0.717) is 0 Å². The summed E-state index contributed by atoms with van der Waals surface area (Å²) in [4.78, 5) is 24.0. The number of hydrogen-bond acceptors (Lipinski definition) is 26. The van der Waals surface area contributed by atoms with Crippen LogP contribution in [0.2, 0.25) is 0 Å². The van der Waals surface area contributed by atoms with Crippen molar-refractivity contribution in [2.24, 2.45) is 0 Å². The van der Waals surface area contributed by atoms with Crippen molar-refractivity contribution in [2.75, 3.05) is 39.6 Å². The van der Waals surface area contributed by atoms with Crippen molar-refractivity contribution in [1.82, 2.24) is 10.6 Å². The van der Waals surface area contributed by atoms with Gasteiger partial charge in [-0.15, -0.1) is 0 Å². The first-order valence-corrected chi connectivity index (χ1v) is 19.5. The Balaban J connectivity index is 1.61. The Bertz CT molecular complexity index is 1390. The summed E-state index contributed by atoms with van der Waals surface area (Å²) in [6.07, 6.45) is -42.3. The molecule has 0 aromatic heterocycles. The minimum Gasteiger partial charge on any atom is -0.394 e. The van der Waals surface area contributed by atoms with Gasteiger partial charge in [0.2, 0.25) is 11.8 Å². The first-order valence-electron chi connectivity index (χ1n) is 19.5. The monoisotopic (exact) mass is 912 g/mol. The van der Waals surface area contributed by atoms with E-state index in [4.69, 9.17) is 37.9 Å². The van der Waals surface area contributed by atoms with Crippen LogP contribution in [0, 0.1) is 0 Å². The molecule has 4 aliphatic heterocycles. The molecule has 0 radical (unpaired) electrons. The number of amides is 2. The molecule has 4 rings (SSSR count). The number of carbonyl (C=O) groups is 2. The lowest BCUT2D eigenvalue weighted by molar-refractivity contribution is -0.395. The van der Waals surface area contributed by atoms with E-state index in [1.165, 1.54) is 0 Å². The molecule has 4 saturated heterocycles. The molecular weight excluding hydrogens is 852 g/mol. The molecule has 0 aliphatic carbocycles. The fraction of sp³-hybridized carbons (Fsp3) is 0.941. The van der Waals surface area contributed by atoms with Crippen molar-refractivity contribution < 1.29 is 129 Å². The van der Waals surface area contributed by atoms with Gasteiger partial charge in [-0.2, -0.15) is 0 Å². The highest BCUT2D eigenvalue weighted by Gasteiger charge is 2.56. The summed E-state index contributed by atoms with van der Waals surface area (Å²) in [5.74, 6) is -1.54. The van der Waals surface area contributed by atoms with E-state index < -0.39 is 199 Å². The maximum Gasteiger partial charge on any atom is 0.217 e. The van der Waals surface area contributed by atoms with Crippen LogP contribution in [-0.4, -0.2) is 280 Å². The molecule has 0 aromatic rings. The van der Waals surface area contributed by atoms with Gasteiger partial charge in [0.1, 0.15) is 116 Å². The summed E-state index contributed by atoms with van der Waals surface area (Å²) < 4.78 is 45.3. The molecule has 4 heterocycles. The summed E-state index contributed by atoms with van der Waals surface area (Å²) >= 11 is 0. The topological polar surface area (TPSA) is 456 Å². The lowest BCUT2D eigenvalue weighted by atomic mass is 9.94. The highest BCUT2D eigenvalue weighted by molar-refractivity contribution is 5.73. The number of aliphatic hydroxyl groups is 16. The molecule has 62 heavy (non-hydrogen) atoms. The Morgan fingerprint density at radius 2 is 1.00 bits per heavy atom. The molecule has 0 saturated carbocycles. The van der Waals surface area contributed by atoms with E-state index in [9.17, 15) is 91.3 Å². The molecule has 2 amide bonds. The van der Waals surface area contributed by atoms with Crippen LogP contribution in [0.25, 0.3) is 0 Å². The summed E-state index contributed by atoms with van der Waals surface area (Å²) in [5, 5.41) is 173. The molecule has 4 aliphatic rings. The third kappa shape index (κ3) is 11.9. The van der Waals surface area contributed by atoms with Crippen molar-refractivity contribution in [3.63, 3.8) is 0 Å². The number of ether oxygens (including phenoxy) is 8. The molecule has 28 heteroatoms. The predicted molar refractivity (Wildman–Crippen MR) is 192 cm³/mol. The molecule has 0 aromatic carbocycles. The van der Waals surface area contributed by atoms with E-state index in [0.717, 1.165) is 13.8 Å². The standard InChI is InChI=1S/C34H60N2O26/c1-9(43)35-11(3-37)18(46)27(12(45)4-38)59-31-17(36-10(2)44)22(50)28(16(8-42)58-31)60-33-26(54)29(21(49)15(7-41)56-33)61-34-30(24(52)20(48)14(6-40)57-34)62-32-25(53)23(51)19(47)13(5-39)55-32/h11-34,37-42,45-54H,3-8H2,1-2H3,(H,35,43)(H,36,44)/t11-,12+,13+,14+,15+,16+,17+,18+,19+,20+,21+,22+,23-,24-,25-,26-,27+,28+,29-,30-,31-,32+,33-,34+/m0/s1. The first kappa shape index (κ1) is 52.6. The van der Waals surface area contributed by atoms with Gasteiger partial charge in [-0.3, -0.25) is 9.59 Å². The zero-order chi connectivity index (χ0) is 46.3. The van der Waals surface area contributed by atoms with Gasteiger partial charge in [-0.1, -0.05) is 0 Å². The molecule has 4 fully saturated rings. The van der Waals surface area contributed by atoms with Crippen molar-refractivity contribution in [2.45, 2.75) is 161 Å². The van der Waals surface area contributed by atoms with E-state index in [1.807, 2.05) is 0 Å². The van der Waals surface area contributed by atoms with Gasteiger partial charge >= 0.3 is 0 Å². The first-order chi connectivity index (χ1) is 29.3. The highest BCUT2D eigenvalue weighted by Crippen LogP contribution is 2.35. The van der Waals surface area contributed by atoms with Gasteiger partial charge in [0.15, 0.2) is 25.2 Å². The van der Waals surface area contributed by atoms with E-state index in [2.05, 4.69) is 10.6 Å². The Labute approximate surface area is 352 Å². The normalized spacial score (nSPS) is 43.6. The fourth-order valence-electron chi connectivity index (χ4n) is 7.41. The van der Waals surface area contributed by atoms with Gasteiger partial charge in [0.05, 0.1) is 45.7 Å². The number of nitrogens with one attached hydrogen (secondary N) is 2. The van der Waals surface area contributed by atoms with Crippen LogP contribution >= 0.6 is 0 Å². The van der Waals surface area contributed by atoms with Crippen LogP contribution in [0.3, 0.4) is 0 Å². The van der Waals surface area contributed by atoms with E-state index in [1.54, 1.807) is 0 Å². The lowest BCUT2D eigenvalue weighted by Crippen LogP contribution is -2.69. The largest absolute Gasteiger partial charge is 0.394 e. The van der Waals surface area contributed by atoms with Crippen molar-refractivity contribution in [1.29, 1.82) is 0 Å². The van der Waals surface area contributed by atoms with Crippen molar-refractivity contribution >= 4 is 11.8 Å². The third-order valence-corrected chi connectivity index (χ3v) is 10.8.